The minimum Gasteiger partial charge on any atom is -0.461 e. The maximum atomic E-state index is 11.9. The number of rotatable bonds is 15. The molecule has 12 nitrogen and oxygen atoms in total. The van der Waals surface area contributed by atoms with Gasteiger partial charge in [0.05, 0.1) is 0 Å². The number of hydrogen-bond donors (Lipinski definition) is 6. The fraction of sp³-hybridized carbons (Fsp3) is 0.778. The molecule has 0 unspecified atom stereocenters. The molecule has 0 radical (unpaired) electrons. The van der Waals surface area contributed by atoms with Crippen molar-refractivity contribution in [1.82, 2.24) is 10.6 Å². The van der Waals surface area contributed by atoms with E-state index < -0.39 is 61.7 Å². The van der Waals surface area contributed by atoms with Crippen molar-refractivity contribution in [3.8, 4) is 0 Å². The summed E-state index contributed by atoms with van der Waals surface area (Å²) in [5.41, 5.74) is 0. The standard InChI is InChI=1S/C18H32N2O10/c1-9(2)13(19-7-21)17(27)29-5-11(23)15(25)16(26)12(24)6-30-18(28)14(10(3)4)20-8-22/h7-16,23-26H,5-6H2,1-4H3,(H,19,21)(H,20,22)/t11-,12-,13-,14-,15-,16+/m1/s1. The highest BCUT2D eigenvalue weighted by molar-refractivity contribution is 5.79. The molecular weight excluding hydrogens is 404 g/mol. The van der Waals surface area contributed by atoms with Gasteiger partial charge in [0.1, 0.15) is 49.7 Å². The molecule has 12 heteroatoms. The Morgan fingerprint density at radius 2 is 1.03 bits per heavy atom. The van der Waals surface area contributed by atoms with Crippen molar-refractivity contribution < 1.29 is 49.1 Å². The molecule has 0 saturated carbocycles. The van der Waals surface area contributed by atoms with Gasteiger partial charge in [0.2, 0.25) is 12.8 Å². The number of carbonyl (C=O) groups is 4. The van der Waals surface area contributed by atoms with Gasteiger partial charge in [0.15, 0.2) is 0 Å². The summed E-state index contributed by atoms with van der Waals surface area (Å²) in [6.07, 6.45) is -6.74. The molecule has 174 valence electrons. The number of ether oxygens (including phenoxy) is 2. The Hall–Kier alpha value is -2.28. The Morgan fingerprint density at radius 3 is 1.27 bits per heavy atom. The molecule has 6 atom stereocenters. The molecule has 0 fully saturated rings. The lowest BCUT2D eigenvalue weighted by Crippen LogP contribution is -2.49. The van der Waals surface area contributed by atoms with Gasteiger partial charge in [-0.25, -0.2) is 9.59 Å². The molecule has 0 bridgehead atoms. The first-order chi connectivity index (χ1) is 14.0. The van der Waals surface area contributed by atoms with Gasteiger partial charge in [-0.2, -0.15) is 0 Å². The van der Waals surface area contributed by atoms with Gasteiger partial charge in [0, 0.05) is 0 Å². The van der Waals surface area contributed by atoms with Crippen LogP contribution in [0.3, 0.4) is 0 Å². The lowest BCUT2D eigenvalue weighted by molar-refractivity contribution is -0.165. The van der Waals surface area contributed by atoms with Crippen LogP contribution in [-0.2, 0) is 28.7 Å². The number of carbonyl (C=O) groups excluding carboxylic acids is 4. The summed E-state index contributed by atoms with van der Waals surface area (Å²) in [7, 11) is 0. The second-order valence-electron chi connectivity index (χ2n) is 7.39. The molecule has 0 aromatic rings. The van der Waals surface area contributed by atoms with Gasteiger partial charge < -0.3 is 40.5 Å². The topological polar surface area (TPSA) is 192 Å². The Bertz CT molecular complexity index is 509. The Morgan fingerprint density at radius 1 is 0.733 bits per heavy atom. The Balaban J connectivity index is 4.66. The zero-order valence-electron chi connectivity index (χ0n) is 17.4. The number of esters is 2. The molecule has 0 rings (SSSR count). The minimum absolute atomic E-state index is 0.296. The highest BCUT2D eigenvalue weighted by atomic mass is 16.6. The fourth-order valence-corrected chi connectivity index (χ4v) is 2.38. The summed E-state index contributed by atoms with van der Waals surface area (Å²) in [4.78, 5) is 44.9. The van der Waals surface area contributed by atoms with Crippen LogP contribution < -0.4 is 10.6 Å². The van der Waals surface area contributed by atoms with Crippen LogP contribution in [0.1, 0.15) is 27.7 Å². The number of amides is 2. The average Bonchev–Trinajstić information content (AvgIpc) is 2.69. The molecule has 0 aromatic carbocycles. The van der Waals surface area contributed by atoms with Crippen molar-refractivity contribution >= 4 is 24.8 Å². The van der Waals surface area contributed by atoms with Crippen LogP contribution in [0.2, 0.25) is 0 Å². The molecule has 2 amide bonds. The van der Waals surface area contributed by atoms with E-state index in [4.69, 9.17) is 9.47 Å². The Labute approximate surface area is 174 Å². The normalized spacial score (nSPS) is 17.3. The van der Waals surface area contributed by atoms with Crippen molar-refractivity contribution in [1.29, 1.82) is 0 Å². The molecule has 0 saturated heterocycles. The number of aliphatic hydroxyl groups is 4. The van der Waals surface area contributed by atoms with Gasteiger partial charge in [-0.05, 0) is 11.8 Å². The first-order valence-corrected chi connectivity index (χ1v) is 9.42. The summed E-state index contributed by atoms with van der Waals surface area (Å²) in [6, 6.07) is -1.92. The smallest absolute Gasteiger partial charge is 0.328 e. The summed E-state index contributed by atoms with van der Waals surface area (Å²) in [5, 5.41) is 44.2. The maximum Gasteiger partial charge on any atom is 0.328 e. The molecule has 30 heavy (non-hydrogen) atoms. The summed E-state index contributed by atoms with van der Waals surface area (Å²) in [5.74, 6) is -2.30. The van der Waals surface area contributed by atoms with E-state index >= 15 is 0 Å². The fourth-order valence-electron chi connectivity index (χ4n) is 2.38. The first kappa shape index (κ1) is 27.7. The highest BCUT2D eigenvalue weighted by Gasteiger charge is 2.33. The van der Waals surface area contributed by atoms with Crippen LogP contribution >= 0.6 is 0 Å². The lowest BCUT2D eigenvalue weighted by atomic mass is 10.0. The van der Waals surface area contributed by atoms with Crippen molar-refractivity contribution in [2.75, 3.05) is 13.2 Å². The lowest BCUT2D eigenvalue weighted by Gasteiger charge is -2.27. The second kappa shape index (κ2) is 13.9. The van der Waals surface area contributed by atoms with Gasteiger partial charge in [-0.3, -0.25) is 9.59 Å². The predicted molar refractivity (Wildman–Crippen MR) is 102 cm³/mol. The van der Waals surface area contributed by atoms with E-state index in [1.807, 2.05) is 0 Å². The largest absolute Gasteiger partial charge is 0.461 e. The van der Waals surface area contributed by atoms with Crippen LogP contribution in [-0.4, -0.2) is 94.9 Å². The SMILES string of the molecule is CC(C)[C@@H](NC=O)C(=O)OC[C@@H](O)[C@H](O)[C@H](O)[C@H](O)COC(=O)[C@H](NC=O)C(C)C. The van der Waals surface area contributed by atoms with E-state index in [0.29, 0.717) is 12.8 Å². The van der Waals surface area contributed by atoms with E-state index in [9.17, 15) is 39.6 Å². The third kappa shape index (κ3) is 9.03. The van der Waals surface area contributed by atoms with Gasteiger partial charge in [0.25, 0.3) is 0 Å². The first-order valence-electron chi connectivity index (χ1n) is 9.42. The molecule has 0 aliphatic carbocycles. The van der Waals surface area contributed by atoms with Crippen LogP contribution in [0.25, 0.3) is 0 Å². The maximum absolute atomic E-state index is 11.9. The monoisotopic (exact) mass is 436 g/mol. The zero-order chi connectivity index (χ0) is 23.4. The molecule has 0 heterocycles. The van der Waals surface area contributed by atoms with Crippen LogP contribution in [0.15, 0.2) is 0 Å². The van der Waals surface area contributed by atoms with Crippen LogP contribution in [0.5, 0.6) is 0 Å². The van der Waals surface area contributed by atoms with Crippen LogP contribution in [0.4, 0.5) is 0 Å². The number of hydrogen-bond acceptors (Lipinski definition) is 10. The van der Waals surface area contributed by atoms with Gasteiger partial charge >= 0.3 is 11.9 Å². The molecular formula is C18H32N2O10. The summed E-state index contributed by atoms with van der Waals surface area (Å²) >= 11 is 0. The molecule has 6 N–H and O–H groups in total. The summed E-state index contributed by atoms with van der Waals surface area (Å²) in [6.45, 7) is 5.19. The van der Waals surface area contributed by atoms with E-state index in [-0.39, 0.29) is 11.8 Å². The number of nitrogens with one attached hydrogen (secondary N) is 2. The second-order valence-corrected chi connectivity index (χ2v) is 7.39. The highest BCUT2D eigenvalue weighted by Crippen LogP contribution is 2.10. The van der Waals surface area contributed by atoms with Gasteiger partial charge in [-0.15, -0.1) is 0 Å². The third-order valence-electron chi connectivity index (χ3n) is 4.27. The molecule has 0 aliphatic heterocycles. The van der Waals surface area contributed by atoms with Crippen molar-refractivity contribution in [3.63, 3.8) is 0 Å². The molecule has 0 aromatic heterocycles. The Kier molecular flexibility index (Phi) is 12.8. The minimum atomic E-state index is -1.93. The average molecular weight is 436 g/mol. The van der Waals surface area contributed by atoms with E-state index in [0.717, 1.165) is 0 Å². The predicted octanol–water partition coefficient (Wildman–Crippen LogP) is -2.94. The number of aliphatic hydroxyl groups excluding tert-OH is 4. The quantitative estimate of drug-likeness (QED) is 0.114. The van der Waals surface area contributed by atoms with Crippen molar-refractivity contribution in [2.45, 2.75) is 64.2 Å². The van der Waals surface area contributed by atoms with Gasteiger partial charge in [-0.1, -0.05) is 27.7 Å². The zero-order valence-corrected chi connectivity index (χ0v) is 17.4. The molecule has 0 aliphatic rings. The van der Waals surface area contributed by atoms with E-state index in [1.54, 1.807) is 27.7 Å². The van der Waals surface area contributed by atoms with E-state index in [2.05, 4.69) is 10.6 Å². The molecule has 0 spiro atoms. The summed E-state index contributed by atoms with van der Waals surface area (Å²) < 4.78 is 9.65. The van der Waals surface area contributed by atoms with E-state index in [1.165, 1.54) is 0 Å². The van der Waals surface area contributed by atoms with Crippen LogP contribution in [0, 0.1) is 11.8 Å². The van der Waals surface area contributed by atoms with Crippen molar-refractivity contribution in [3.05, 3.63) is 0 Å². The van der Waals surface area contributed by atoms with Crippen molar-refractivity contribution in [2.24, 2.45) is 11.8 Å². The third-order valence-corrected chi connectivity index (χ3v) is 4.27.